The molecule has 1 aromatic carbocycles. The molecule has 0 radical (unpaired) electrons. The molecule has 0 fully saturated rings. The van der Waals surface area contributed by atoms with Gasteiger partial charge >= 0.3 is 0 Å². The molecule has 0 unspecified atom stereocenters. The van der Waals surface area contributed by atoms with Crippen molar-refractivity contribution in [1.29, 1.82) is 0 Å². The van der Waals surface area contributed by atoms with Crippen LogP contribution in [-0.4, -0.2) is 11.5 Å². The third-order valence-corrected chi connectivity index (χ3v) is 6.02. The van der Waals surface area contributed by atoms with E-state index in [9.17, 15) is 0 Å². The molecule has 0 aliphatic rings. The zero-order valence-electron chi connectivity index (χ0n) is 11.3. The van der Waals surface area contributed by atoms with E-state index in [4.69, 9.17) is 11.6 Å². The Hall–Kier alpha value is 0.210. The first-order valence-electron chi connectivity index (χ1n) is 6.77. The minimum atomic E-state index is 0.497. The Bertz CT molecular complexity index is 318. The number of benzene rings is 1. The van der Waals surface area contributed by atoms with Gasteiger partial charge in [-0.3, -0.25) is 0 Å². The molecule has 0 saturated heterocycles. The Kier molecular flexibility index (Phi) is 9.08. The van der Waals surface area contributed by atoms with Crippen LogP contribution in [0, 0.1) is 0 Å². The van der Waals surface area contributed by atoms with E-state index in [0.29, 0.717) is 4.58 Å². The second kappa shape index (κ2) is 10.1. The van der Waals surface area contributed by atoms with Crippen LogP contribution in [0.15, 0.2) is 24.3 Å². The fraction of sp³-hybridized carbons (Fsp3) is 0.600. The molecule has 0 atom stereocenters. The van der Waals surface area contributed by atoms with E-state index < -0.39 is 0 Å². The largest absolute Gasteiger partial charge is 0.143 e. The zero-order valence-corrected chi connectivity index (χ0v) is 13.7. The summed E-state index contributed by atoms with van der Waals surface area (Å²) in [7, 11) is 0. The van der Waals surface area contributed by atoms with Gasteiger partial charge in [-0.25, -0.2) is 0 Å². The Morgan fingerprint density at radius 2 is 1.56 bits per heavy atom. The van der Waals surface area contributed by atoms with Crippen molar-refractivity contribution in [3.63, 3.8) is 0 Å². The van der Waals surface area contributed by atoms with Crippen LogP contribution in [0.25, 0.3) is 0 Å². The van der Waals surface area contributed by atoms with E-state index in [0.717, 1.165) is 5.02 Å². The maximum Gasteiger partial charge on any atom is 0.0765 e. The predicted molar refractivity (Wildman–Crippen MR) is 88.9 cm³/mol. The number of hydrogen-bond acceptors (Lipinski definition) is 2. The van der Waals surface area contributed by atoms with Gasteiger partial charge in [0.05, 0.1) is 4.58 Å². The number of rotatable bonds is 9. The maximum absolute atomic E-state index is 6.32. The van der Waals surface area contributed by atoms with Crippen LogP contribution in [0.2, 0.25) is 5.02 Å². The third-order valence-electron chi connectivity index (χ3n) is 2.69. The first kappa shape index (κ1) is 16.3. The highest BCUT2D eigenvalue weighted by molar-refractivity contribution is 8.16. The van der Waals surface area contributed by atoms with Crippen LogP contribution in [-0.2, 0) is 0 Å². The standard InChI is InChI=1S/C15H23ClS2/c1-3-5-11-17-15(18-12-6-4-2)13-9-7-8-10-14(13)16/h7-10,15H,3-6,11-12H2,1-2H3. The van der Waals surface area contributed by atoms with Gasteiger partial charge in [0.15, 0.2) is 0 Å². The second-order valence-electron chi connectivity index (χ2n) is 4.30. The van der Waals surface area contributed by atoms with Crippen molar-refractivity contribution in [3.05, 3.63) is 34.9 Å². The van der Waals surface area contributed by atoms with Crippen molar-refractivity contribution in [1.82, 2.24) is 0 Å². The summed E-state index contributed by atoms with van der Waals surface area (Å²) in [5, 5.41) is 0.912. The van der Waals surface area contributed by atoms with Crippen LogP contribution in [0.4, 0.5) is 0 Å². The highest BCUT2D eigenvalue weighted by Gasteiger charge is 2.14. The summed E-state index contributed by atoms with van der Waals surface area (Å²) in [5.74, 6) is 2.46. The SMILES string of the molecule is CCCCSC(SCCCC)c1ccccc1Cl. The molecule has 0 heterocycles. The molecular weight excluding hydrogens is 280 g/mol. The van der Waals surface area contributed by atoms with Crippen LogP contribution in [0.1, 0.15) is 49.7 Å². The molecule has 0 aliphatic carbocycles. The van der Waals surface area contributed by atoms with Crippen LogP contribution in [0.5, 0.6) is 0 Å². The number of unbranched alkanes of at least 4 members (excludes halogenated alkanes) is 2. The van der Waals surface area contributed by atoms with Crippen LogP contribution >= 0.6 is 35.1 Å². The number of hydrogen-bond donors (Lipinski definition) is 0. The summed E-state index contributed by atoms with van der Waals surface area (Å²) in [6, 6.07) is 8.28. The molecule has 1 rings (SSSR count). The molecule has 0 nitrogen and oxygen atoms in total. The summed E-state index contributed by atoms with van der Waals surface area (Å²) in [4.78, 5) is 0. The van der Waals surface area contributed by atoms with Gasteiger partial charge in [-0.05, 0) is 36.0 Å². The van der Waals surface area contributed by atoms with E-state index in [1.165, 1.54) is 42.8 Å². The molecule has 3 heteroatoms. The summed E-state index contributed by atoms with van der Waals surface area (Å²) < 4.78 is 0.497. The number of halogens is 1. The Morgan fingerprint density at radius 1 is 1.00 bits per heavy atom. The van der Waals surface area contributed by atoms with E-state index in [1.54, 1.807) is 0 Å². The summed E-state index contributed by atoms with van der Waals surface area (Å²) >= 11 is 10.4. The minimum Gasteiger partial charge on any atom is -0.143 e. The topological polar surface area (TPSA) is 0 Å². The molecule has 1 aromatic rings. The fourth-order valence-corrected chi connectivity index (χ4v) is 5.01. The average Bonchev–Trinajstić information content (AvgIpc) is 2.38. The van der Waals surface area contributed by atoms with Crippen molar-refractivity contribution < 1.29 is 0 Å². The first-order valence-corrected chi connectivity index (χ1v) is 9.24. The average molecular weight is 303 g/mol. The minimum absolute atomic E-state index is 0.497. The third kappa shape index (κ3) is 5.90. The lowest BCUT2D eigenvalue weighted by Gasteiger charge is -2.17. The highest BCUT2D eigenvalue weighted by atomic mass is 35.5. The molecule has 0 bridgehead atoms. The monoisotopic (exact) mass is 302 g/mol. The molecule has 0 N–H and O–H groups in total. The predicted octanol–water partition coefficient (Wildman–Crippen LogP) is 6.41. The maximum atomic E-state index is 6.32. The number of thioether (sulfide) groups is 2. The van der Waals surface area contributed by atoms with Gasteiger partial charge < -0.3 is 0 Å². The smallest absolute Gasteiger partial charge is 0.0765 e. The van der Waals surface area contributed by atoms with Gasteiger partial charge in [0, 0.05) is 5.02 Å². The molecule has 0 spiro atoms. The summed E-state index contributed by atoms with van der Waals surface area (Å²) in [5.41, 5.74) is 1.29. The van der Waals surface area contributed by atoms with Crippen LogP contribution in [0.3, 0.4) is 0 Å². The molecule has 0 amide bonds. The van der Waals surface area contributed by atoms with E-state index in [1.807, 2.05) is 35.7 Å². The fourth-order valence-electron chi connectivity index (χ4n) is 1.56. The molecular formula is C15H23ClS2. The Labute approximate surface area is 125 Å². The normalized spacial score (nSPS) is 11.1. The first-order chi connectivity index (χ1) is 8.79. The van der Waals surface area contributed by atoms with E-state index in [2.05, 4.69) is 26.0 Å². The molecule has 102 valence electrons. The summed E-state index contributed by atoms with van der Waals surface area (Å²) in [6.45, 7) is 4.49. The van der Waals surface area contributed by atoms with Gasteiger partial charge in [-0.15, -0.1) is 23.5 Å². The molecule has 0 saturated carbocycles. The second-order valence-corrected chi connectivity index (χ2v) is 7.43. The van der Waals surface area contributed by atoms with Crippen LogP contribution < -0.4 is 0 Å². The zero-order chi connectivity index (χ0) is 13.2. The lowest BCUT2D eigenvalue weighted by Crippen LogP contribution is -1.94. The molecule has 0 aromatic heterocycles. The molecule has 18 heavy (non-hydrogen) atoms. The van der Waals surface area contributed by atoms with E-state index >= 15 is 0 Å². The lowest BCUT2D eigenvalue weighted by molar-refractivity contribution is 0.892. The van der Waals surface area contributed by atoms with Crippen molar-refractivity contribution >= 4 is 35.1 Å². The van der Waals surface area contributed by atoms with Crippen molar-refractivity contribution in [2.24, 2.45) is 0 Å². The summed E-state index contributed by atoms with van der Waals surface area (Å²) in [6.07, 6.45) is 5.11. The highest BCUT2D eigenvalue weighted by Crippen LogP contribution is 2.42. The van der Waals surface area contributed by atoms with Gasteiger partial charge in [0.1, 0.15) is 0 Å². The van der Waals surface area contributed by atoms with Gasteiger partial charge in [0.2, 0.25) is 0 Å². The van der Waals surface area contributed by atoms with Crippen molar-refractivity contribution in [2.45, 2.75) is 44.1 Å². The van der Waals surface area contributed by atoms with Crippen molar-refractivity contribution in [2.75, 3.05) is 11.5 Å². The quantitative estimate of drug-likeness (QED) is 0.382. The van der Waals surface area contributed by atoms with Gasteiger partial charge in [0.25, 0.3) is 0 Å². The Morgan fingerprint density at radius 3 is 2.06 bits per heavy atom. The lowest BCUT2D eigenvalue weighted by atomic mass is 10.2. The van der Waals surface area contributed by atoms with Crippen molar-refractivity contribution in [3.8, 4) is 0 Å². The van der Waals surface area contributed by atoms with Gasteiger partial charge in [-0.2, -0.15) is 0 Å². The van der Waals surface area contributed by atoms with Gasteiger partial charge in [-0.1, -0.05) is 56.5 Å². The Balaban J connectivity index is 2.60. The molecule has 0 aliphatic heterocycles. The van der Waals surface area contributed by atoms with E-state index in [-0.39, 0.29) is 0 Å².